The molecule has 2 fully saturated rings. The van der Waals surface area contributed by atoms with Crippen molar-refractivity contribution in [3.8, 4) is 31.6 Å². The summed E-state index contributed by atoms with van der Waals surface area (Å²) < 4.78 is 0. The first kappa shape index (κ1) is 26.7. The van der Waals surface area contributed by atoms with Gasteiger partial charge in [-0.15, -0.1) is 22.7 Å². The Kier molecular flexibility index (Phi) is 6.77. The van der Waals surface area contributed by atoms with E-state index >= 15 is 0 Å². The van der Waals surface area contributed by atoms with Crippen LogP contribution < -0.4 is 5.73 Å². The van der Waals surface area contributed by atoms with Gasteiger partial charge in [0, 0.05) is 36.4 Å². The Hall–Kier alpha value is -2.46. The maximum Gasteiger partial charge on any atom is 0.136 e. The minimum Gasteiger partial charge on any atom is -0.390 e. The lowest BCUT2D eigenvalue weighted by molar-refractivity contribution is -0.0738. The highest BCUT2D eigenvalue weighted by Crippen LogP contribution is 2.47. The van der Waals surface area contributed by atoms with Crippen molar-refractivity contribution in [1.29, 1.82) is 0 Å². The third kappa shape index (κ3) is 5.10. The molecule has 0 bridgehead atoms. The van der Waals surface area contributed by atoms with E-state index in [1.54, 1.807) is 22.7 Å². The number of aromatic nitrogens is 2. The average Bonchev–Trinajstić information content (AvgIpc) is 3.57. The molecule has 204 valence electrons. The van der Waals surface area contributed by atoms with Crippen molar-refractivity contribution in [2.45, 2.75) is 69.2 Å². The fourth-order valence-electron chi connectivity index (χ4n) is 6.09. The Bertz CT molecular complexity index is 1440. The average molecular weight is 561 g/mol. The molecular formula is C31H36N4O2S2. The summed E-state index contributed by atoms with van der Waals surface area (Å²) in [5.41, 5.74) is 8.65. The second-order valence-electron chi connectivity index (χ2n) is 11.8. The van der Waals surface area contributed by atoms with Crippen molar-refractivity contribution in [2.75, 3.05) is 13.1 Å². The number of nitrogens with two attached hydrogens (primary N) is 1. The molecule has 1 aliphatic heterocycles. The number of benzene rings is 2. The number of thiazole rings is 2. The number of likely N-dealkylation sites (tertiary alicyclic amines) is 1. The zero-order valence-electron chi connectivity index (χ0n) is 22.7. The predicted octanol–water partition coefficient (Wildman–Crippen LogP) is 5.99. The van der Waals surface area contributed by atoms with Crippen LogP contribution in [-0.2, 0) is 11.1 Å². The van der Waals surface area contributed by atoms with E-state index in [1.165, 1.54) is 0 Å². The van der Waals surface area contributed by atoms with Crippen LogP contribution in [0.15, 0.2) is 60.8 Å². The van der Waals surface area contributed by atoms with Crippen molar-refractivity contribution in [3.05, 3.63) is 71.4 Å². The molecule has 8 heteroatoms. The number of aliphatic hydroxyl groups is 2. The number of hydrogen-bond donors (Lipinski definition) is 3. The topological polar surface area (TPSA) is 95.5 Å². The predicted molar refractivity (Wildman–Crippen MR) is 160 cm³/mol. The van der Waals surface area contributed by atoms with Crippen molar-refractivity contribution in [3.63, 3.8) is 0 Å². The molecular weight excluding hydrogens is 525 g/mol. The van der Waals surface area contributed by atoms with Crippen LogP contribution in [0.3, 0.4) is 0 Å². The summed E-state index contributed by atoms with van der Waals surface area (Å²) in [7, 11) is 0. The summed E-state index contributed by atoms with van der Waals surface area (Å²) in [5, 5.41) is 23.4. The lowest BCUT2D eigenvalue weighted by Crippen LogP contribution is -2.58. The molecule has 1 aliphatic carbocycles. The van der Waals surface area contributed by atoms with E-state index in [2.05, 4.69) is 55.1 Å². The van der Waals surface area contributed by atoms with E-state index in [4.69, 9.17) is 15.7 Å². The van der Waals surface area contributed by atoms with Crippen LogP contribution in [0, 0.1) is 0 Å². The molecule has 3 heterocycles. The fraction of sp³-hybridized carbons (Fsp3) is 0.419. The first-order chi connectivity index (χ1) is 18.6. The van der Waals surface area contributed by atoms with Gasteiger partial charge in [-0.2, -0.15) is 0 Å². The normalized spacial score (nSPS) is 25.1. The maximum atomic E-state index is 11.4. The monoisotopic (exact) mass is 560 g/mol. The molecule has 0 unspecified atom stereocenters. The van der Waals surface area contributed by atoms with Gasteiger partial charge in [-0.25, -0.2) is 9.97 Å². The Morgan fingerprint density at radius 3 is 2.21 bits per heavy atom. The van der Waals surface area contributed by atoms with Crippen LogP contribution in [-0.4, -0.2) is 49.8 Å². The zero-order chi connectivity index (χ0) is 27.4. The number of piperidine rings is 1. The van der Waals surface area contributed by atoms with Crippen LogP contribution in [0.2, 0.25) is 0 Å². The summed E-state index contributed by atoms with van der Waals surface area (Å²) >= 11 is 3.22. The van der Waals surface area contributed by atoms with Gasteiger partial charge in [0.2, 0.25) is 0 Å². The molecule has 2 aliphatic rings. The van der Waals surface area contributed by atoms with Crippen molar-refractivity contribution in [2.24, 2.45) is 5.73 Å². The molecule has 1 saturated carbocycles. The zero-order valence-corrected chi connectivity index (χ0v) is 24.4. The largest absolute Gasteiger partial charge is 0.390 e. The second-order valence-corrected chi connectivity index (χ2v) is 13.9. The van der Waals surface area contributed by atoms with Crippen molar-refractivity contribution >= 4 is 22.7 Å². The molecule has 6 rings (SSSR count). The fourth-order valence-corrected chi connectivity index (χ4v) is 8.28. The quantitative estimate of drug-likeness (QED) is 0.268. The van der Waals surface area contributed by atoms with Gasteiger partial charge < -0.3 is 20.8 Å². The summed E-state index contributed by atoms with van der Waals surface area (Å²) in [6.45, 7) is 8.00. The number of nitrogens with zero attached hydrogens (tertiary/aromatic N) is 3. The molecule has 39 heavy (non-hydrogen) atoms. The molecule has 2 aromatic heterocycles. The van der Waals surface area contributed by atoms with E-state index < -0.39 is 16.7 Å². The molecule has 1 saturated heterocycles. The lowest BCUT2D eigenvalue weighted by atomic mass is 9.63. The first-order valence-electron chi connectivity index (χ1n) is 13.7. The smallest absolute Gasteiger partial charge is 0.136 e. The number of hydrogen-bond acceptors (Lipinski definition) is 8. The summed E-state index contributed by atoms with van der Waals surface area (Å²) in [4.78, 5) is 14.3. The standard InChI is InChI=1S/C31H36N4O2S2/c1-20(2)35-15-13-31(37,14-16-35)28-33-17-24(38-28)27-34-25(26(39-27)22-7-5-4-6-8-22)21-9-11-23(12-10-21)30(32)18-29(3,36)19-30/h4-12,17,20,36-37H,13-16,18-19,32H2,1-3H3. The van der Waals surface area contributed by atoms with E-state index in [9.17, 15) is 10.2 Å². The molecule has 4 N–H and O–H groups in total. The minimum absolute atomic E-state index is 0.484. The van der Waals surface area contributed by atoms with Crippen molar-refractivity contribution < 1.29 is 10.2 Å². The van der Waals surface area contributed by atoms with Crippen LogP contribution in [0.25, 0.3) is 31.6 Å². The van der Waals surface area contributed by atoms with Gasteiger partial charge >= 0.3 is 0 Å². The Balaban J connectivity index is 1.32. The van der Waals surface area contributed by atoms with Crippen LogP contribution in [0.5, 0.6) is 0 Å². The molecule has 0 amide bonds. The van der Waals surface area contributed by atoms with Crippen LogP contribution >= 0.6 is 22.7 Å². The molecule has 2 aromatic carbocycles. The van der Waals surface area contributed by atoms with Gasteiger partial charge in [0.05, 0.1) is 21.0 Å². The van der Waals surface area contributed by atoms with Gasteiger partial charge in [-0.1, -0.05) is 54.6 Å². The molecule has 6 nitrogen and oxygen atoms in total. The van der Waals surface area contributed by atoms with Crippen molar-refractivity contribution in [1.82, 2.24) is 14.9 Å². The Morgan fingerprint density at radius 2 is 1.59 bits per heavy atom. The van der Waals surface area contributed by atoms with E-state index in [-0.39, 0.29) is 0 Å². The highest BCUT2D eigenvalue weighted by Gasteiger charge is 2.49. The SMILES string of the molecule is CC(C)N1CCC(O)(c2ncc(-c3nc(-c4ccc(C5(N)CC(C)(O)C5)cc4)c(-c4ccccc4)s3)s2)CC1. The van der Waals surface area contributed by atoms with Gasteiger partial charge in [0.15, 0.2) is 0 Å². The third-order valence-electron chi connectivity index (χ3n) is 8.26. The minimum atomic E-state index is -0.878. The van der Waals surface area contributed by atoms with Gasteiger partial charge in [0.1, 0.15) is 15.6 Å². The lowest BCUT2D eigenvalue weighted by Gasteiger charge is -2.49. The Morgan fingerprint density at radius 1 is 0.923 bits per heavy atom. The molecule has 0 radical (unpaired) electrons. The molecule has 0 spiro atoms. The maximum absolute atomic E-state index is 11.4. The highest BCUT2D eigenvalue weighted by molar-refractivity contribution is 7.23. The highest BCUT2D eigenvalue weighted by atomic mass is 32.1. The van der Waals surface area contributed by atoms with Gasteiger partial charge in [-0.05, 0) is 57.6 Å². The second kappa shape index (κ2) is 9.87. The first-order valence-corrected chi connectivity index (χ1v) is 15.3. The molecule has 4 aromatic rings. The van der Waals surface area contributed by atoms with E-state index in [1.807, 2.05) is 31.3 Å². The Labute approximate surface area is 238 Å². The van der Waals surface area contributed by atoms with E-state index in [0.717, 1.165) is 55.2 Å². The van der Waals surface area contributed by atoms with E-state index in [0.29, 0.717) is 31.7 Å². The van der Waals surface area contributed by atoms with Gasteiger partial charge in [-0.3, -0.25) is 0 Å². The summed E-state index contributed by atoms with van der Waals surface area (Å²) in [6.07, 6.45) is 4.38. The summed E-state index contributed by atoms with van der Waals surface area (Å²) in [5.74, 6) is 0. The van der Waals surface area contributed by atoms with Crippen LogP contribution in [0.1, 0.15) is 57.0 Å². The van der Waals surface area contributed by atoms with Gasteiger partial charge in [0.25, 0.3) is 0 Å². The molecule has 0 atom stereocenters. The summed E-state index contributed by atoms with van der Waals surface area (Å²) in [6, 6.07) is 19.2. The third-order valence-corrected chi connectivity index (χ3v) is 10.7. The number of rotatable bonds is 6. The van der Waals surface area contributed by atoms with Crippen LogP contribution in [0.4, 0.5) is 0 Å².